The van der Waals surface area contributed by atoms with E-state index >= 15 is 0 Å². The van der Waals surface area contributed by atoms with Gasteiger partial charge < -0.3 is 0 Å². The third-order valence-electron chi connectivity index (χ3n) is 2.51. The van der Waals surface area contributed by atoms with Gasteiger partial charge in [-0.1, -0.05) is 106 Å². The first-order chi connectivity index (χ1) is 8.17. The van der Waals surface area contributed by atoms with Crippen molar-refractivity contribution in [1.29, 1.82) is 0 Å². The van der Waals surface area contributed by atoms with Gasteiger partial charge in [-0.3, -0.25) is 0 Å². The lowest BCUT2D eigenvalue weighted by molar-refractivity contribution is 0.408. The third-order valence-corrected chi connectivity index (χ3v) is 2.51. The van der Waals surface area contributed by atoms with E-state index in [4.69, 9.17) is 0 Å². The van der Waals surface area contributed by atoms with Gasteiger partial charge >= 0.3 is 0 Å². The quantitative estimate of drug-likeness (QED) is 0.443. The van der Waals surface area contributed by atoms with Gasteiger partial charge in [0.05, 0.1) is 0 Å². The first-order valence-corrected chi connectivity index (χ1v) is 8.17. The summed E-state index contributed by atoms with van der Waals surface area (Å²) in [5, 5.41) is 0. The normalized spacial score (nSPS) is 9.18. The second-order valence-corrected chi connectivity index (χ2v) is 4.97. The maximum absolute atomic E-state index is 2.33. The lowest BCUT2D eigenvalue weighted by Crippen LogP contribution is -1.98. The van der Waals surface area contributed by atoms with Crippen molar-refractivity contribution in [2.24, 2.45) is 5.92 Å². The zero-order chi connectivity index (χ0) is 13.9. The lowest BCUT2D eigenvalue weighted by atomic mass is 9.94. The van der Waals surface area contributed by atoms with Crippen LogP contribution in [0.25, 0.3) is 0 Å². The molecule has 0 aliphatic heterocycles. The summed E-state index contributed by atoms with van der Waals surface area (Å²) in [6, 6.07) is 0. The largest absolute Gasteiger partial charge is 0.0656 e. The van der Waals surface area contributed by atoms with Crippen molar-refractivity contribution in [3.05, 3.63) is 0 Å². The maximum Gasteiger partial charge on any atom is -0.0417 e. The second-order valence-electron chi connectivity index (χ2n) is 4.97. The molecule has 0 radical (unpaired) electrons. The Hall–Kier alpha value is 0. The van der Waals surface area contributed by atoms with E-state index in [1.54, 1.807) is 0 Å². The van der Waals surface area contributed by atoms with Gasteiger partial charge in [0.2, 0.25) is 0 Å². The van der Waals surface area contributed by atoms with Gasteiger partial charge in [-0.2, -0.15) is 0 Å². The Bertz CT molecular complexity index is 76.0. The second kappa shape index (κ2) is 25.0. The molecule has 0 atom stereocenters. The van der Waals surface area contributed by atoms with E-state index < -0.39 is 0 Å². The molecule has 0 N–H and O–H groups in total. The van der Waals surface area contributed by atoms with Gasteiger partial charge in [-0.15, -0.1) is 0 Å². The van der Waals surface area contributed by atoms with Gasteiger partial charge in [0, 0.05) is 0 Å². The average molecular weight is 245 g/mol. The minimum Gasteiger partial charge on any atom is -0.0656 e. The van der Waals surface area contributed by atoms with E-state index in [-0.39, 0.29) is 0 Å². The molecule has 0 heteroatoms. The van der Waals surface area contributed by atoms with Gasteiger partial charge in [-0.05, 0) is 5.92 Å². The molecule has 0 aromatic rings. The molecule has 0 aliphatic carbocycles. The van der Waals surface area contributed by atoms with E-state index in [9.17, 15) is 0 Å². The number of hydrogen-bond donors (Lipinski definition) is 0. The van der Waals surface area contributed by atoms with Crippen molar-refractivity contribution in [2.75, 3.05) is 0 Å². The van der Waals surface area contributed by atoms with Crippen LogP contribution in [0.4, 0.5) is 0 Å². The van der Waals surface area contributed by atoms with Crippen LogP contribution in [-0.4, -0.2) is 0 Å². The van der Waals surface area contributed by atoms with Crippen LogP contribution in [0.2, 0.25) is 0 Å². The fraction of sp³-hybridized carbons (Fsp3) is 1.00. The van der Waals surface area contributed by atoms with Crippen molar-refractivity contribution in [3.63, 3.8) is 0 Å². The van der Waals surface area contributed by atoms with Crippen LogP contribution in [0.5, 0.6) is 0 Å². The van der Waals surface area contributed by atoms with E-state index in [1.165, 1.54) is 57.8 Å². The Morgan fingerprint density at radius 1 is 0.588 bits per heavy atom. The summed E-state index contributed by atoms with van der Waals surface area (Å²) in [6.45, 7) is 15.4. The fourth-order valence-corrected chi connectivity index (χ4v) is 1.54. The van der Waals surface area contributed by atoms with E-state index in [0.717, 1.165) is 5.92 Å². The zero-order valence-electron chi connectivity index (χ0n) is 13.9. The summed E-state index contributed by atoms with van der Waals surface area (Å²) in [5.74, 6) is 1.02. The van der Waals surface area contributed by atoms with Crippen molar-refractivity contribution in [3.8, 4) is 0 Å². The van der Waals surface area contributed by atoms with Crippen molar-refractivity contribution in [2.45, 2.75) is 106 Å². The molecule has 108 valence electrons. The summed E-state index contributed by atoms with van der Waals surface area (Å²) in [7, 11) is 0. The highest BCUT2D eigenvalue weighted by Crippen LogP contribution is 2.18. The number of rotatable bonds is 7. The number of hydrogen-bond acceptors (Lipinski definition) is 0. The van der Waals surface area contributed by atoms with Crippen LogP contribution in [0.3, 0.4) is 0 Å². The molecule has 0 nitrogen and oxygen atoms in total. The van der Waals surface area contributed by atoms with Crippen LogP contribution in [-0.2, 0) is 0 Å². The zero-order valence-corrected chi connectivity index (χ0v) is 13.9. The van der Waals surface area contributed by atoms with E-state index in [2.05, 4.69) is 48.5 Å². The topological polar surface area (TPSA) is 0 Å². The molecular weight excluding hydrogens is 204 g/mol. The molecule has 0 saturated carbocycles. The monoisotopic (exact) mass is 244 g/mol. The molecular formula is C17H40. The van der Waals surface area contributed by atoms with Crippen molar-refractivity contribution >= 4 is 0 Å². The molecule has 0 amide bonds. The van der Waals surface area contributed by atoms with Crippen LogP contribution in [0.1, 0.15) is 106 Å². The van der Waals surface area contributed by atoms with E-state index in [1.807, 2.05) is 0 Å². The standard InChI is InChI=1S/C11H24.2C3H8/c1-4-7-9-11(6-3)10-8-5-2;2*1-3-2/h11H,4-10H2,1-3H3;2*3H2,1-2H3. The van der Waals surface area contributed by atoms with Crippen LogP contribution in [0, 0.1) is 5.92 Å². The van der Waals surface area contributed by atoms with Crippen molar-refractivity contribution < 1.29 is 0 Å². The van der Waals surface area contributed by atoms with Gasteiger partial charge in [0.15, 0.2) is 0 Å². The Labute approximate surface area is 113 Å². The SMILES string of the molecule is CCC.CCC.CCCCC(CC)CCCC. The summed E-state index contributed by atoms with van der Waals surface area (Å²) >= 11 is 0. The Morgan fingerprint density at radius 3 is 1.06 bits per heavy atom. The molecule has 0 bridgehead atoms. The van der Waals surface area contributed by atoms with Gasteiger partial charge in [0.1, 0.15) is 0 Å². The molecule has 0 aromatic carbocycles. The fourth-order valence-electron chi connectivity index (χ4n) is 1.54. The number of unbranched alkanes of at least 4 members (excludes halogenated alkanes) is 2. The molecule has 17 heavy (non-hydrogen) atoms. The third kappa shape index (κ3) is 31.4. The molecule has 0 spiro atoms. The summed E-state index contributed by atoms with van der Waals surface area (Å²) in [4.78, 5) is 0. The molecule has 0 rings (SSSR count). The molecule has 0 fully saturated rings. The highest BCUT2D eigenvalue weighted by atomic mass is 14.1. The maximum atomic E-state index is 2.33. The summed E-state index contributed by atoms with van der Waals surface area (Å²) < 4.78 is 0. The molecule has 0 unspecified atom stereocenters. The average Bonchev–Trinajstić information content (AvgIpc) is 2.31. The van der Waals surface area contributed by atoms with Gasteiger partial charge in [0.25, 0.3) is 0 Å². The highest BCUT2D eigenvalue weighted by molar-refractivity contribution is 4.56. The molecule has 0 aromatic heterocycles. The minimum atomic E-state index is 1.02. The summed E-state index contributed by atoms with van der Waals surface area (Å²) in [5.41, 5.74) is 0. The Balaban J connectivity index is -0.000000273. The first kappa shape index (κ1) is 22.2. The smallest absolute Gasteiger partial charge is 0.0417 e. The van der Waals surface area contributed by atoms with Crippen molar-refractivity contribution in [1.82, 2.24) is 0 Å². The molecule has 0 heterocycles. The highest BCUT2D eigenvalue weighted by Gasteiger charge is 2.03. The Morgan fingerprint density at radius 2 is 0.882 bits per heavy atom. The first-order valence-electron chi connectivity index (χ1n) is 8.17. The molecule has 0 aliphatic rings. The van der Waals surface area contributed by atoms with E-state index in [0.29, 0.717) is 0 Å². The Kier molecular flexibility index (Phi) is 32.7. The predicted molar refractivity (Wildman–Crippen MR) is 84.8 cm³/mol. The van der Waals surface area contributed by atoms with Crippen LogP contribution < -0.4 is 0 Å². The van der Waals surface area contributed by atoms with Crippen LogP contribution in [0.15, 0.2) is 0 Å². The van der Waals surface area contributed by atoms with Gasteiger partial charge in [-0.25, -0.2) is 0 Å². The van der Waals surface area contributed by atoms with Crippen LogP contribution >= 0.6 is 0 Å². The predicted octanol–water partition coefficient (Wildman–Crippen LogP) is 7.23. The minimum absolute atomic E-state index is 1.02. The summed E-state index contributed by atoms with van der Waals surface area (Å²) in [6.07, 6.45) is 12.4. The molecule has 0 saturated heterocycles. The lowest BCUT2D eigenvalue weighted by Gasteiger charge is -2.12.